The van der Waals surface area contributed by atoms with Gasteiger partial charge >= 0.3 is 0 Å². The molecule has 0 spiro atoms. The minimum atomic E-state index is -0.296. The fourth-order valence-electron chi connectivity index (χ4n) is 3.85. The number of aromatic nitrogens is 2. The molecular formula is C21H28FN3O. The topological polar surface area (TPSA) is 49.2 Å². The molecule has 2 aromatic rings. The fraction of sp³-hybridized carbons (Fsp3) is 0.524. The van der Waals surface area contributed by atoms with Gasteiger partial charge in [0.05, 0.1) is 5.69 Å². The van der Waals surface area contributed by atoms with Crippen LogP contribution in [0, 0.1) is 11.2 Å². The predicted octanol–water partition coefficient (Wildman–Crippen LogP) is 3.78. The van der Waals surface area contributed by atoms with Gasteiger partial charge in [0, 0.05) is 19.7 Å². The summed E-state index contributed by atoms with van der Waals surface area (Å²) in [6.07, 6.45) is 6.84. The van der Waals surface area contributed by atoms with Crippen molar-refractivity contribution < 1.29 is 9.50 Å². The van der Waals surface area contributed by atoms with E-state index in [1.165, 1.54) is 11.9 Å². The molecule has 26 heavy (non-hydrogen) atoms. The van der Waals surface area contributed by atoms with Crippen LogP contribution >= 0.6 is 0 Å². The van der Waals surface area contributed by atoms with Gasteiger partial charge in [-0.05, 0) is 49.5 Å². The Labute approximate surface area is 155 Å². The highest BCUT2D eigenvalue weighted by Gasteiger charge is 2.34. The van der Waals surface area contributed by atoms with Gasteiger partial charge in [0.1, 0.15) is 6.33 Å². The van der Waals surface area contributed by atoms with Crippen LogP contribution in [-0.2, 0) is 12.8 Å². The first-order valence-corrected chi connectivity index (χ1v) is 9.56. The maximum absolute atomic E-state index is 14.5. The quantitative estimate of drug-likeness (QED) is 0.819. The molecule has 1 aromatic heterocycles. The largest absolute Gasteiger partial charge is 0.396 e. The Morgan fingerprint density at radius 3 is 2.54 bits per heavy atom. The van der Waals surface area contributed by atoms with Crippen LogP contribution in [0.5, 0.6) is 0 Å². The van der Waals surface area contributed by atoms with Crippen molar-refractivity contribution >= 4 is 5.82 Å². The molecule has 1 saturated heterocycles. The number of piperidine rings is 1. The molecule has 0 aliphatic carbocycles. The molecule has 4 nitrogen and oxygen atoms in total. The van der Waals surface area contributed by atoms with Gasteiger partial charge in [-0.25, -0.2) is 14.4 Å². The zero-order valence-electron chi connectivity index (χ0n) is 15.5. The van der Waals surface area contributed by atoms with Crippen molar-refractivity contribution in [2.75, 3.05) is 24.6 Å². The molecule has 0 unspecified atom stereocenters. The normalized spacial score (nSPS) is 16.7. The highest BCUT2D eigenvalue weighted by Crippen LogP contribution is 2.37. The Kier molecular flexibility index (Phi) is 6.20. The van der Waals surface area contributed by atoms with Gasteiger partial charge in [0.25, 0.3) is 0 Å². The van der Waals surface area contributed by atoms with Crippen molar-refractivity contribution in [2.24, 2.45) is 5.41 Å². The Morgan fingerprint density at radius 1 is 1.15 bits per heavy atom. The van der Waals surface area contributed by atoms with E-state index in [-0.39, 0.29) is 17.8 Å². The molecule has 1 N–H and O–H groups in total. The van der Waals surface area contributed by atoms with E-state index in [0.29, 0.717) is 17.9 Å². The molecule has 0 radical (unpaired) electrons. The first-order chi connectivity index (χ1) is 12.7. The van der Waals surface area contributed by atoms with E-state index in [2.05, 4.69) is 34.2 Å². The molecule has 0 atom stereocenters. The third-order valence-corrected chi connectivity index (χ3v) is 5.65. The number of nitrogens with zero attached hydrogens (tertiary/aromatic N) is 3. The van der Waals surface area contributed by atoms with E-state index in [0.717, 1.165) is 45.2 Å². The second-order valence-corrected chi connectivity index (χ2v) is 7.30. The number of aryl methyl sites for hydroxylation is 2. The van der Waals surface area contributed by atoms with Gasteiger partial charge in [-0.15, -0.1) is 0 Å². The zero-order valence-corrected chi connectivity index (χ0v) is 15.5. The summed E-state index contributed by atoms with van der Waals surface area (Å²) >= 11 is 0. The van der Waals surface area contributed by atoms with Gasteiger partial charge in [-0.3, -0.25) is 0 Å². The SMILES string of the molecule is CCc1ncnc(N2CCC(CO)(CCCc3ccccc3)CC2)c1F. The Balaban J connectivity index is 1.58. The van der Waals surface area contributed by atoms with Crippen LogP contribution in [0.1, 0.15) is 43.9 Å². The molecule has 1 aliphatic rings. The average molecular weight is 357 g/mol. The first kappa shape index (κ1) is 18.8. The molecule has 0 amide bonds. The van der Waals surface area contributed by atoms with Crippen LogP contribution in [0.15, 0.2) is 36.7 Å². The van der Waals surface area contributed by atoms with Crippen LogP contribution in [0.25, 0.3) is 0 Å². The minimum absolute atomic E-state index is 0.0532. The summed E-state index contributed by atoms with van der Waals surface area (Å²) in [6, 6.07) is 10.5. The van der Waals surface area contributed by atoms with Gasteiger partial charge in [-0.2, -0.15) is 0 Å². The molecule has 140 valence electrons. The zero-order chi connectivity index (χ0) is 18.4. The molecule has 2 heterocycles. The predicted molar refractivity (Wildman–Crippen MR) is 102 cm³/mol. The van der Waals surface area contributed by atoms with Gasteiger partial charge in [0.2, 0.25) is 0 Å². The summed E-state index contributed by atoms with van der Waals surface area (Å²) in [5.41, 5.74) is 1.76. The second kappa shape index (κ2) is 8.58. The van der Waals surface area contributed by atoms with E-state index in [1.54, 1.807) is 0 Å². The van der Waals surface area contributed by atoms with Crippen molar-refractivity contribution in [3.63, 3.8) is 0 Å². The van der Waals surface area contributed by atoms with Crippen LogP contribution in [0.4, 0.5) is 10.2 Å². The van der Waals surface area contributed by atoms with Crippen molar-refractivity contribution in [3.05, 3.63) is 53.7 Å². The number of rotatable bonds is 7. The maximum Gasteiger partial charge on any atom is 0.187 e. The lowest BCUT2D eigenvalue weighted by Gasteiger charge is -2.41. The number of hydrogen-bond acceptors (Lipinski definition) is 4. The van der Waals surface area contributed by atoms with Gasteiger partial charge in [0.15, 0.2) is 11.6 Å². The molecule has 0 saturated carbocycles. The third-order valence-electron chi connectivity index (χ3n) is 5.65. The Morgan fingerprint density at radius 2 is 1.88 bits per heavy atom. The van der Waals surface area contributed by atoms with Gasteiger partial charge < -0.3 is 10.0 Å². The molecular weight excluding hydrogens is 329 g/mol. The summed E-state index contributed by atoms with van der Waals surface area (Å²) in [6.45, 7) is 3.54. The van der Waals surface area contributed by atoms with Crippen LogP contribution in [0.3, 0.4) is 0 Å². The summed E-state index contributed by atoms with van der Waals surface area (Å²) in [5.74, 6) is 0.114. The summed E-state index contributed by atoms with van der Waals surface area (Å²) in [4.78, 5) is 10.2. The van der Waals surface area contributed by atoms with Crippen molar-refractivity contribution in [1.29, 1.82) is 0 Å². The van der Waals surface area contributed by atoms with E-state index in [4.69, 9.17) is 0 Å². The average Bonchev–Trinajstić information content (AvgIpc) is 2.70. The molecule has 1 fully saturated rings. The summed E-state index contributed by atoms with van der Waals surface area (Å²) in [5, 5.41) is 10.0. The van der Waals surface area contributed by atoms with Crippen molar-refractivity contribution in [3.8, 4) is 0 Å². The fourth-order valence-corrected chi connectivity index (χ4v) is 3.85. The van der Waals surface area contributed by atoms with Crippen molar-refractivity contribution in [1.82, 2.24) is 9.97 Å². The molecule has 5 heteroatoms. The highest BCUT2D eigenvalue weighted by atomic mass is 19.1. The maximum atomic E-state index is 14.5. The lowest BCUT2D eigenvalue weighted by Crippen LogP contribution is -2.43. The van der Waals surface area contributed by atoms with Crippen LogP contribution in [-0.4, -0.2) is 34.8 Å². The molecule has 3 rings (SSSR count). The lowest BCUT2D eigenvalue weighted by molar-refractivity contribution is 0.0847. The molecule has 0 bridgehead atoms. The monoisotopic (exact) mass is 357 g/mol. The Hall–Kier alpha value is -2.01. The summed E-state index contributed by atoms with van der Waals surface area (Å²) < 4.78 is 14.5. The van der Waals surface area contributed by atoms with Crippen LogP contribution in [0.2, 0.25) is 0 Å². The number of anilines is 1. The van der Waals surface area contributed by atoms with E-state index >= 15 is 0 Å². The highest BCUT2D eigenvalue weighted by molar-refractivity contribution is 5.41. The minimum Gasteiger partial charge on any atom is -0.396 e. The smallest absolute Gasteiger partial charge is 0.187 e. The number of hydrogen-bond donors (Lipinski definition) is 1. The Bertz CT molecular complexity index is 700. The first-order valence-electron chi connectivity index (χ1n) is 9.56. The van der Waals surface area contributed by atoms with Gasteiger partial charge in [-0.1, -0.05) is 37.3 Å². The number of aliphatic hydroxyl groups is 1. The standard InChI is InChI=1S/C21H28FN3O/c1-2-18-19(22)20(24-16-23-18)25-13-11-21(15-26,12-14-25)10-6-9-17-7-4-3-5-8-17/h3-5,7-8,16,26H,2,6,9-15H2,1H3. The molecule has 1 aliphatic heterocycles. The lowest BCUT2D eigenvalue weighted by atomic mass is 9.75. The van der Waals surface area contributed by atoms with Crippen LogP contribution < -0.4 is 4.90 Å². The summed E-state index contributed by atoms with van der Waals surface area (Å²) in [7, 11) is 0. The number of halogens is 1. The van der Waals surface area contributed by atoms with E-state index < -0.39 is 0 Å². The second-order valence-electron chi connectivity index (χ2n) is 7.30. The van der Waals surface area contributed by atoms with Crippen molar-refractivity contribution in [2.45, 2.75) is 45.4 Å². The number of aliphatic hydroxyl groups excluding tert-OH is 1. The van der Waals surface area contributed by atoms with E-state index in [9.17, 15) is 9.50 Å². The molecule has 1 aromatic carbocycles. The van der Waals surface area contributed by atoms with E-state index in [1.807, 2.05) is 17.9 Å². The number of benzene rings is 1. The third kappa shape index (κ3) is 4.21.